The second-order valence-electron chi connectivity index (χ2n) is 8.56. The van der Waals surface area contributed by atoms with Crippen molar-refractivity contribution in [3.63, 3.8) is 0 Å². The maximum Gasteiger partial charge on any atom is 0.449 e. The fourth-order valence-corrected chi connectivity index (χ4v) is 3.51. The van der Waals surface area contributed by atoms with E-state index >= 15 is 0 Å². The van der Waals surface area contributed by atoms with E-state index in [9.17, 15) is 27.6 Å². The summed E-state index contributed by atoms with van der Waals surface area (Å²) in [5, 5.41) is 0. The van der Waals surface area contributed by atoms with E-state index in [0.29, 0.717) is 24.8 Å². The Labute approximate surface area is 214 Å². The van der Waals surface area contributed by atoms with Crippen LogP contribution in [-0.4, -0.2) is 22.3 Å². The van der Waals surface area contributed by atoms with Crippen molar-refractivity contribution >= 4 is 11.6 Å². The molecule has 0 fully saturated rings. The molecule has 0 aliphatic carbocycles. The maximum absolute atomic E-state index is 12.8. The second kappa shape index (κ2) is 14.2. The van der Waals surface area contributed by atoms with E-state index in [4.69, 9.17) is 4.74 Å². The van der Waals surface area contributed by atoms with Crippen LogP contribution in [0.25, 0.3) is 0 Å². The topological polar surface area (TPSA) is 65.4 Å². The van der Waals surface area contributed by atoms with Gasteiger partial charge < -0.3 is 9.30 Å². The molecule has 0 aliphatic heterocycles. The molecule has 8 heteroatoms. The number of alkyl halides is 3. The van der Waals surface area contributed by atoms with Crippen molar-refractivity contribution in [1.82, 2.24) is 4.57 Å². The highest BCUT2D eigenvalue weighted by Crippen LogP contribution is 2.18. The van der Waals surface area contributed by atoms with Gasteiger partial charge in [-0.2, -0.15) is 13.2 Å². The van der Waals surface area contributed by atoms with Crippen LogP contribution in [0.1, 0.15) is 60.7 Å². The van der Waals surface area contributed by atoms with E-state index in [-0.39, 0.29) is 17.9 Å². The van der Waals surface area contributed by atoms with Crippen LogP contribution in [0.4, 0.5) is 13.2 Å². The molecule has 2 aromatic carbocycles. The number of halogens is 3. The number of rotatable bonds is 10. The normalized spacial score (nSPS) is 10.9. The van der Waals surface area contributed by atoms with Gasteiger partial charge in [-0.1, -0.05) is 69.2 Å². The Morgan fingerprint density at radius 2 is 1.51 bits per heavy atom. The quantitative estimate of drug-likeness (QED) is 0.295. The third-order valence-electron chi connectivity index (χ3n) is 5.50. The van der Waals surface area contributed by atoms with Crippen LogP contribution in [0.15, 0.2) is 71.7 Å². The molecule has 37 heavy (non-hydrogen) atoms. The number of carbonyl (C=O) groups excluding carboxylic acids is 2. The summed E-state index contributed by atoms with van der Waals surface area (Å²) in [6.45, 7) is 5.21. The monoisotopic (exact) mass is 515 g/mol. The van der Waals surface area contributed by atoms with Crippen molar-refractivity contribution in [2.75, 3.05) is 0 Å². The fourth-order valence-electron chi connectivity index (χ4n) is 3.51. The molecule has 0 bridgehead atoms. The molecule has 198 valence electrons. The second-order valence-corrected chi connectivity index (χ2v) is 8.56. The zero-order valence-electron chi connectivity index (χ0n) is 21.3. The number of ketones is 2. The van der Waals surface area contributed by atoms with Gasteiger partial charge in [0.1, 0.15) is 12.4 Å². The fraction of sp³-hybridized carbons (Fsp3) is 0.345. The van der Waals surface area contributed by atoms with Crippen LogP contribution in [0.5, 0.6) is 5.75 Å². The van der Waals surface area contributed by atoms with Crippen molar-refractivity contribution in [2.24, 2.45) is 0 Å². The third kappa shape index (κ3) is 9.71. The molecule has 0 saturated carbocycles. The molecular weight excluding hydrogens is 483 g/mol. The molecule has 0 amide bonds. The number of hydrogen-bond donors (Lipinski definition) is 0. The van der Waals surface area contributed by atoms with Gasteiger partial charge in [0, 0.05) is 24.8 Å². The van der Waals surface area contributed by atoms with Gasteiger partial charge in [0.15, 0.2) is 5.78 Å². The Kier molecular flexibility index (Phi) is 11.3. The van der Waals surface area contributed by atoms with Gasteiger partial charge >= 0.3 is 6.18 Å². The molecular formula is C29H32F3NO4. The number of nitrogens with zero attached hydrogens (tertiary/aromatic N) is 1. The lowest BCUT2D eigenvalue weighted by Crippen LogP contribution is -2.23. The number of hydrogen-bond acceptors (Lipinski definition) is 4. The lowest BCUT2D eigenvalue weighted by molar-refractivity contribution is -0.168. The van der Waals surface area contributed by atoms with Crippen LogP contribution < -0.4 is 10.3 Å². The zero-order chi connectivity index (χ0) is 27.4. The molecule has 3 rings (SSSR count). The van der Waals surface area contributed by atoms with Crippen molar-refractivity contribution in [3.05, 3.63) is 99.5 Å². The van der Waals surface area contributed by atoms with Crippen molar-refractivity contribution in [2.45, 2.75) is 65.8 Å². The molecule has 5 nitrogen and oxygen atoms in total. The van der Waals surface area contributed by atoms with E-state index in [0.717, 1.165) is 31.2 Å². The molecule has 0 spiro atoms. The summed E-state index contributed by atoms with van der Waals surface area (Å²) in [5.74, 6) is -1.32. The smallest absolute Gasteiger partial charge is 0.449 e. The summed E-state index contributed by atoms with van der Waals surface area (Å²) >= 11 is 0. The first-order valence-electron chi connectivity index (χ1n) is 12.1. The van der Waals surface area contributed by atoms with Gasteiger partial charge in [-0.05, 0) is 41.7 Å². The van der Waals surface area contributed by atoms with Crippen LogP contribution >= 0.6 is 0 Å². The van der Waals surface area contributed by atoms with E-state index in [1.165, 1.54) is 21.8 Å². The minimum atomic E-state index is -4.64. The van der Waals surface area contributed by atoms with Crippen molar-refractivity contribution in [3.8, 4) is 5.75 Å². The predicted molar refractivity (Wildman–Crippen MR) is 137 cm³/mol. The number of pyridine rings is 1. The van der Waals surface area contributed by atoms with E-state index in [1.54, 1.807) is 12.3 Å². The lowest BCUT2D eigenvalue weighted by Gasteiger charge is -2.12. The van der Waals surface area contributed by atoms with Gasteiger partial charge in [0.25, 0.3) is 5.56 Å². The van der Waals surface area contributed by atoms with Gasteiger partial charge in [0.2, 0.25) is 5.78 Å². The summed E-state index contributed by atoms with van der Waals surface area (Å²) < 4.78 is 39.6. The Morgan fingerprint density at radius 3 is 2.08 bits per heavy atom. The first-order valence-corrected chi connectivity index (χ1v) is 12.1. The number of Topliss-reactive ketones (excluding diaryl/α,β-unsaturated/α-hetero) is 2. The maximum atomic E-state index is 12.8. The highest BCUT2D eigenvalue weighted by molar-refractivity contribution is 5.96. The molecule has 3 aromatic rings. The van der Waals surface area contributed by atoms with Crippen LogP contribution in [0, 0.1) is 0 Å². The standard InChI is InChI=1S/C26H29NO3.C3H3F3O/c1-3-8-21-12-13-23(16-22(21)9-4-2)25(28)18-27-15-14-24(17-26(27)29)30-19-20-10-6-5-7-11-20;1-2(7)3(4,5)6/h5-7,10-17H,3-4,8-9,18-19H2,1-2H3;1H3. The first kappa shape index (κ1) is 29.5. The summed E-state index contributed by atoms with van der Waals surface area (Å²) in [5.41, 5.74) is 4.00. The minimum Gasteiger partial charge on any atom is -0.489 e. The zero-order valence-corrected chi connectivity index (χ0v) is 21.3. The van der Waals surface area contributed by atoms with Crippen LogP contribution in [-0.2, 0) is 30.8 Å². The molecule has 0 N–H and O–H groups in total. The van der Waals surface area contributed by atoms with Crippen LogP contribution in [0.2, 0.25) is 0 Å². The Hall–Kier alpha value is -3.68. The molecule has 0 radical (unpaired) electrons. The van der Waals surface area contributed by atoms with Gasteiger partial charge in [-0.3, -0.25) is 14.4 Å². The van der Waals surface area contributed by atoms with Gasteiger partial charge in [-0.15, -0.1) is 0 Å². The number of aromatic nitrogens is 1. The summed E-state index contributed by atoms with van der Waals surface area (Å²) in [7, 11) is 0. The molecule has 1 heterocycles. The number of carbonyl (C=O) groups is 2. The summed E-state index contributed by atoms with van der Waals surface area (Å²) in [6, 6.07) is 18.9. The number of ether oxygens (including phenoxy) is 1. The minimum absolute atomic E-state index is 0.0243. The molecule has 1 aromatic heterocycles. The predicted octanol–water partition coefficient (Wildman–Crippen LogP) is 6.35. The lowest BCUT2D eigenvalue weighted by atomic mass is 9.96. The van der Waals surface area contributed by atoms with Crippen LogP contribution in [0.3, 0.4) is 0 Å². The molecule has 0 unspecified atom stereocenters. The largest absolute Gasteiger partial charge is 0.489 e. The Balaban J connectivity index is 0.000000604. The summed E-state index contributed by atoms with van der Waals surface area (Å²) in [4.78, 5) is 34.6. The average molecular weight is 516 g/mol. The van der Waals surface area contributed by atoms with Gasteiger partial charge in [0.05, 0.1) is 6.54 Å². The van der Waals surface area contributed by atoms with E-state index in [2.05, 4.69) is 19.9 Å². The van der Waals surface area contributed by atoms with Gasteiger partial charge in [-0.25, -0.2) is 0 Å². The first-order chi connectivity index (χ1) is 17.5. The molecule has 0 aliphatic rings. The highest BCUT2D eigenvalue weighted by Gasteiger charge is 2.33. The van der Waals surface area contributed by atoms with Crippen molar-refractivity contribution < 1.29 is 27.5 Å². The third-order valence-corrected chi connectivity index (χ3v) is 5.50. The number of benzene rings is 2. The SMILES string of the molecule is CC(=O)C(F)(F)F.CCCc1ccc(C(=O)Cn2ccc(OCc3ccccc3)cc2=O)cc1CCC. The Morgan fingerprint density at radius 1 is 0.892 bits per heavy atom. The summed E-state index contributed by atoms with van der Waals surface area (Å²) in [6.07, 6.45) is 1.09. The average Bonchev–Trinajstić information content (AvgIpc) is 2.86. The highest BCUT2D eigenvalue weighted by atomic mass is 19.4. The van der Waals surface area contributed by atoms with Crippen molar-refractivity contribution in [1.29, 1.82) is 0 Å². The molecule has 0 atom stereocenters. The Bertz CT molecular complexity index is 1230. The van der Waals surface area contributed by atoms with E-state index < -0.39 is 12.0 Å². The molecule has 0 saturated heterocycles. The van der Waals surface area contributed by atoms with E-state index in [1.807, 2.05) is 42.5 Å². The number of aryl methyl sites for hydroxylation is 2.